The Morgan fingerprint density at radius 1 is 0.769 bits per heavy atom. The molecule has 0 N–H and O–H groups in total. The van der Waals surface area contributed by atoms with Crippen molar-refractivity contribution < 1.29 is 0 Å². The second-order valence-electron chi connectivity index (χ2n) is 6.42. The summed E-state index contributed by atoms with van der Waals surface area (Å²) in [6.07, 6.45) is 5.83. The molecule has 26 heavy (non-hydrogen) atoms. The Balaban J connectivity index is 0.000000583. The Morgan fingerprint density at radius 2 is 1.19 bits per heavy atom. The third kappa shape index (κ3) is 7.98. The van der Waals surface area contributed by atoms with E-state index in [1.54, 1.807) is 6.08 Å². The highest BCUT2D eigenvalue weighted by Gasteiger charge is 1.99. The van der Waals surface area contributed by atoms with Crippen LogP contribution in [0.2, 0.25) is 0 Å². The molecule has 0 saturated heterocycles. The minimum atomic E-state index is 0. The number of benzene rings is 2. The molecule has 0 heteroatoms. The van der Waals surface area contributed by atoms with Gasteiger partial charge in [-0.1, -0.05) is 104 Å². The predicted molar refractivity (Wildman–Crippen MR) is 121 cm³/mol. The summed E-state index contributed by atoms with van der Waals surface area (Å²) in [4.78, 5) is 0. The summed E-state index contributed by atoms with van der Waals surface area (Å²) in [7, 11) is 0. The molecule has 0 bridgehead atoms. The van der Waals surface area contributed by atoms with Crippen LogP contribution in [0.5, 0.6) is 0 Å². The summed E-state index contributed by atoms with van der Waals surface area (Å²) >= 11 is 0. The molecular formula is C26H34. The lowest BCUT2D eigenvalue weighted by molar-refractivity contribution is 1.40. The highest BCUT2D eigenvalue weighted by molar-refractivity contribution is 5.71. The Hall–Kier alpha value is -2.60. The monoisotopic (exact) mass is 346 g/mol. The van der Waals surface area contributed by atoms with Gasteiger partial charge in [-0.15, -0.1) is 0 Å². The summed E-state index contributed by atoms with van der Waals surface area (Å²) < 4.78 is 0. The van der Waals surface area contributed by atoms with Crippen molar-refractivity contribution in [2.75, 3.05) is 0 Å². The molecular weight excluding hydrogens is 312 g/mol. The molecule has 0 atom stereocenters. The van der Waals surface area contributed by atoms with E-state index < -0.39 is 0 Å². The topological polar surface area (TPSA) is 0 Å². The standard InChI is InChI=1S/C17H20.C8H10.CH4/c1-6-7-8-14(4)15(5)17-11-9-16(10-12-17)13(2)3;1-7-3-5-8(2)6-4-7;/h6-12H,1-2H2,3-5H3;3-6H,1-2H3;1H4/b8-7-,15-14+;;. The first kappa shape index (κ1) is 23.4. The summed E-state index contributed by atoms with van der Waals surface area (Å²) in [5.74, 6) is 0. The van der Waals surface area contributed by atoms with Gasteiger partial charge in [-0.2, -0.15) is 0 Å². The summed E-state index contributed by atoms with van der Waals surface area (Å²) in [5, 5.41) is 0. The highest BCUT2D eigenvalue weighted by atomic mass is 14.0. The lowest BCUT2D eigenvalue weighted by Gasteiger charge is -2.06. The molecule has 0 fully saturated rings. The molecule has 138 valence electrons. The largest absolute Gasteiger partial charge is 0.0991 e. The van der Waals surface area contributed by atoms with E-state index in [0.717, 1.165) is 5.57 Å². The van der Waals surface area contributed by atoms with Crippen LogP contribution < -0.4 is 0 Å². The van der Waals surface area contributed by atoms with Gasteiger partial charge in [0.05, 0.1) is 0 Å². The molecule has 0 radical (unpaired) electrons. The molecule has 0 amide bonds. The van der Waals surface area contributed by atoms with Crippen LogP contribution in [0.3, 0.4) is 0 Å². The quantitative estimate of drug-likeness (QED) is 0.489. The van der Waals surface area contributed by atoms with Crippen molar-refractivity contribution in [3.8, 4) is 0 Å². The average Bonchev–Trinajstić information content (AvgIpc) is 2.62. The summed E-state index contributed by atoms with van der Waals surface area (Å²) in [6, 6.07) is 17.0. The van der Waals surface area contributed by atoms with E-state index in [-0.39, 0.29) is 7.43 Å². The van der Waals surface area contributed by atoms with Crippen LogP contribution >= 0.6 is 0 Å². The number of allylic oxidation sites excluding steroid dienone is 6. The van der Waals surface area contributed by atoms with Gasteiger partial charge >= 0.3 is 0 Å². The second kappa shape index (κ2) is 11.9. The van der Waals surface area contributed by atoms with Crippen LogP contribution in [0.15, 0.2) is 85.5 Å². The SMILES string of the molecule is C.C=C/C=C\C(C)=C(/C)c1ccc(C(=C)C)cc1.Cc1ccc(C)cc1. The lowest BCUT2D eigenvalue weighted by Crippen LogP contribution is -1.85. The molecule has 0 spiro atoms. The summed E-state index contributed by atoms with van der Waals surface area (Å²) in [6.45, 7) is 18.1. The van der Waals surface area contributed by atoms with Crippen LogP contribution in [-0.2, 0) is 0 Å². The van der Waals surface area contributed by atoms with Gasteiger partial charge in [-0.3, -0.25) is 0 Å². The fourth-order valence-electron chi connectivity index (χ4n) is 2.21. The van der Waals surface area contributed by atoms with Crippen molar-refractivity contribution in [3.05, 3.63) is 108 Å². The third-order valence-electron chi connectivity index (χ3n) is 4.10. The van der Waals surface area contributed by atoms with Gasteiger partial charge in [-0.25, -0.2) is 0 Å². The van der Waals surface area contributed by atoms with Gasteiger partial charge in [0.15, 0.2) is 0 Å². The molecule has 2 aromatic carbocycles. The molecule has 0 aromatic heterocycles. The molecule has 0 aliphatic carbocycles. The third-order valence-corrected chi connectivity index (χ3v) is 4.10. The number of rotatable bonds is 4. The number of hydrogen-bond donors (Lipinski definition) is 0. The van der Waals surface area contributed by atoms with E-state index >= 15 is 0 Å². The Bertz CT molecular complexity index is 730. The van der Waals surface area contributed by atoms with E-state index in [4.69, 9.17) is 0 Å². The zero-order valence-electron chi connectivity index (χ0n) is 16.3. The van der Waals surface area contributed by atoms with Gasteiger partial charge < -0.3 is 0 Å². The van der Waals surface area contributed by atoms with Crippen LogP contribution in [0.1, 0.15) is 50.5 Å². The number of aryl methyl sites for hydroxylation is 2. The molecule has 0 aliphatic rings. The first-order chi connectivity index (χ1) is 11.8. The van der Waals surface area contributed by atoms with Gasteiger partial charge in [-0.05, 0) is 56.9 Å². The molecule has 0 aliphatic heterocycles. The predicted octanol–water partition coefficient (Wildman–Crippen LogP) is 8.19. The molecule has 0 nitrogen and oxygen atoms in total. The minimum Gasteiger partial charge on any atom is -0.0991 e. The normalized spacial score (nSPS) is 11.0. The van der Waals surface area contributed by atoms with Crippen LogP contribution in [0.25, 0.3) is 11.1 Å². The Kier molecular flexibility index (Phi) is 10.7. The molecule has 0 unspecified atom stereocenters. The maximum Gasteiger partial charge on any atom is -0.0224 e. The fraction of sp³-hybridized carbons (Fsp3) is 0.231. The van der Waals surface area contributed by atoms with Crippen molar-refractivity contribution in [1.82, 2.24) is 0 Å². The smallest absolute Gasteiger partial charge is 0.0224 e. The molecule has 0 heterocycles. The van der Waals surface area contributed by atoms with Crippen LogP contribution in [0, 0.1) is 13.8 Å². The Morgan fingerprint density at radius 3 is 1.58 bits per heavy atom. The second-order valence-corrected chi connectivity index (χ2v) is 6.42. The van der Waals surface area contributed by atoms with E-state index in [1.165, 1.54) is 33.4 Å². The highest BCUT2D eigenvalue weighted by Crippen LogP contribution is 2.21. The van der Waals surface area contributed by atoms with Crippen molar-refractivity contribution >= 4 is 11.1 Å². The van der Waals surface area contributed by atoms with E-state index in [1.807, 2.05) is 13.0 Å². The Labute approximate surface area is 161 Å². The number of hydrogen-bond acceptors (Lipinski definition) is 0. The van der Waals surface area contributed by atoms with E-state index in [2.05, 4.69) is 95.5 Å². The molecule has 2 rings (SSSR count). The summed E-state index contributed by atoms with van der Waals surface area (Å²) in [5.41, 5.74) is 8.75. The average molecular weight is 347 g/mol. The van der Waals surface area contributed by atoms with E-state index in [0.29, 0.717) is 0 Å². The van der Waals surface area contributed by atoms with Gasteiger partial charge in [0, 0.05) is 0 Å². The first-order valence-corrected chi connectivity index (χ1v) is 8.61. The molecule has 0 saturated carbocycles. The molecule has 2 aromatic rings. The zero-order valence-corrected chi connectivity index (χ0v) is 16.3. The van der Waals surface area contributed by atoms with Crippen molar-refractivity contribution in [2.24, 2.45) is 0 Å². The van der Waals surface area contributed by atoms with Crippen LogP contribution in [-0.4, -0.2) is 0 Å². The van der Waals surface area contributed by atoms with E-state index in [9.17, 15) is 0 Å². The fourth-order valence-corrected chi connectivity index (χ4v) is 2.21. The van der Waals surface area contributed by atoms with Gasteiger partial charge in [0.2, 0.25) is 0 Å². The van der Waals surface area contributed by atoms with Crippen molar-refractivity contribution in [2.45, 2.75) is 42.0 Å². The van der Waals surface area contributed by atoms with Gasteiger partial charge in [0.1, 0.15) is 0 Å². The van der Waals surface area contributed by atoms with Crippen molar-refractivity contribution in [3.63, 3.8) is 0 Å². The van der Waals surface area contributed by atoms with Gasteiger partial charge in [0.25, 0.3) is 0 Å². The van der Waals surface area contributed by atoms with Crippen molar-refractivity contribution in [1.29, 1.82) is 0 Å². The maximum atomic E-state index is 3.94. The minimum absolute atomic E-state index is 0. The first-order valence-electron chi connectivity index (χ1n) is 8.61. The zero-order chi connectivity index (χ0) is 18.8. The maximum absolute atomic E-state index is 3.94. The lowest BCUT2D eigenvalue weighted by atomic mass is 9.99. The van der Waals surface area contributed by atoms with Crippen LogP contribution in [0.4, 0.5) is 0 Å².